The molecule has 0 aliphatic heterocycles. The van der Waals surface area contributed by atoms with Gasteiger partial charge >= 0.3 is 0 Å². The van der Waals surface area contributed by atoms with Crippen molar-refractivity contribution in [3.63, 3.8) is 0 Å². The van der Waals surface area contributed by atoms with E-state index < -0.39 is 11.6 Å². The molecule has 1 fully saturated rings. The first-order valence-corrected chi connectivity index (χ1v) is 7.54. The van der Waals surface area contributed by atoms with Crippen molar-refractivity contribution in [2.45, 2.75) is 24.8 Å². The van der Waals surface area contributed by atoms with E-state index in [-0.39, 0.29) is 17.9 Å². The number of carbonyl (C=O) groups excluding carboxylic acids is 1. The van der Waals surface area contributed by atoms with E-state index in [1.807, 2.05) is 0 Å². The molecule has 0 atom stereocenters. The van der Waals surface area contributed by atoms with Gasteiger partial charge in [-0.1, -0.05) is 6.07 Å². The Morgan fingerprint density at radius 3 is 2.88 bits per heavy atom. The molecule has 1 aliphatic carbocycles. The smallest absolute Gasteiger partial charge is 0.255 e. The molecule has 1 saturated carbocycles. The van der Waals surface area contributed by atoms with Crippen LogP contribution in [0.1, 0.15) is 34.7 Å². The van der Waals surface area contributed by atoms with Gasteiger partial charge in [0.2, 0.25) is 0 Å². The van der Waals surface area contributed by atoms with Crippen molar-refractivity contribution in [2.75, 3.05) is 0 Å². The van der Waals surface area contributed by atoms with Crippen LogP contribution in [0, 0.1) is 11.6 Å². The second-order valence-electron chi connectivity index (χ2n) is 5.87. The molecule has 1 amide bonds. The number of rotatable bonds is 3. The van der Waals surface area contributed by atoms with Crippen molar-refractivity contribution in [1.29, 1.82) is 0 Å². The zero-order chi connectivity index (χ0) is 16.7. The minimum atomic E-state index is -0.588. The molecule has 1 aliphatic rings. The van der Waals surface area contributed by atoms with E-state index >= 15 is 0 Å². The van der Waals surface area contributed by atoms with E-state index in [2.05, 4.69) is 20.8 Å². The molecule has 24 heavy (non-hydrogen) atoms. The zero-order valence-corrected chi connectivity index (χ0v) is 12.5. The summed E-state index contributed by atoms with van der Waals surface area (Å²) in [5, 5.41) is 14.0. The van der Waals surface area contributed by atoms with E-state index in [1.54, 1.807) is 18.3 Å². The number of nitrogens with zero attached hydrogens (tertiary/aromatic N) is 4. The van der Waals surface area contributed by atoms with Gasteiger partial charge < -0.3 is 5.32 Å². The molecule has 4 rings (SSSR count). The van der Waals surface area contributed by atoms with Crippen LogP contribution in [0.25, 0.3) is 5.65 Å². The first-order chi connectivity index (χ1) is 11.6. The fourth-order valence-electron chi connectivity index (χ4n) is 3.03. The average molecular weight is 329 g/mol. The van der Waals surface area contributed by atoms with Gasteiger partial charge in [-0.3, -0.25) is 4.79 Å². The Bertz CT molecular complexity index is 920. The summed E-state index contributed by atoms with van der Waals surface area (Å²) in [4.78, 5) is 12.4. The number of tetrazole rings is 1. The number of hydrogen-bond donors (Lipinski definition) is 1. The Morgan fingerprint density at radius 1 is 1.25 bits per heavy atom. The van der Waals surface area contributed by atoms with Crippen molar-refractivity contribution in [3.05, 3.63) is 59.3 Å². The third-order valence-electron chi connectivity index (χ3n) is 4.34. The number of halogens is 2. The first-order valence-electron chi connectivity index (χ1n) is 7.54. The maximum absolute atomic E-state index is 13.8. The van der Waals surface area contributed by atoms with Crippen molar-refractivity contribution < 1.29 is 13.6 Å². The minimum Gasteiger partial charge on any atom is -0.349 e. The monoisotopic (exact) mass is 329 g/mol. The molecular formula is C16H13F2N5O. The Kier molecular flexibility index (Phi) is 3.44. The Balaban J connectivity index is 1.43. The van der Waals surface area contributed by atoms with Gasteiger partial charge in [-0.25, -0.2) is 8.78 Å². The Labute approximate surface area is 135 Å². The summed E-state index contributed by atoms with van der Waals surface area (Å²) in [5.74, 6) is -1.40. The lowest BCUT2D eigenvalue weighted by Gasteiger charge is -2.36. The summed E-state index contributed by atoms with van der Waals surface area (Å²) >= 11 is 0. The highest BCUT2D eigenvalue weighted by atomic mass is 19.1. The van der Waals surface area contributed by atoms with Crippen LogP contribution in [0.2, 0.25) is 0 Å². The fraction of sp³-hybridized carbons (Fsp3) is 0.250. The van der Waals surface area contributed by atoms with Gasteiger partial charge in [0.05, 0.1) is 5.56 Å². The van der Waals surface area contributed by atoms with Crippen LogP contribution in [-0.2, 0) is 0 Å². The lowest BCUT2D eigenvalue weighted by atomic mass is 9.75. The molecule has 3 aromatic rings. The highest BCUT2D eigenvalue weighted by molar-refractivity contribution is 5.99. The van der Waals surface area contributed by atoms with Crippen LogP contribution in [0.3, 0.4) is 0 Å². The number of aromatic nitrogens is 4. The molecule has 1 N–H and O–H groups in total. The van der Waals surface area contributed by atoms with Gasteiger partial charge in [-0.05, 0) is 52.9 Å². The number of benzene rings is 1. The van der Waals surface area contributed by atoms with Gasteiger partial charge in [0.15, 0.2) is 5.65 Å². The zero-order valence-electron chi connectivity index (χ0n) is 12.5. The van der Waals surface area contributed by atoms with Crippen LogP contribution in [0.5, 0.6) is 0 Å². The summed E-state index contributed by atoms with van der Waals surface area (Å²) < 4.78 is 28.1. The van der Waals surface area contributed by atoms with Gasteiger partial charge in [-0.2, -0.15) is 4.52 Å². The summed E-state index contributed by atoms with van der Waals surface area (Å²) in [7, 11) is 0. The quantitative estimate of drug-likeness (QED) is 0.798. The van der Waals surface area contributed by atoms with Crippen LogP contribution < -0.4 is 5.32 Å². The predicted octanol–water partition coefficient (Wildman–Crippen LogP) is 2.08. The largest absolute Gasteiger partial charge is 0.349 e. The third-order valence-corrected chi connectivity index (χ3v) is 4.34. The number of pyridine rings is 1. The highest BCUT2D eigenvalue weighted by Gasteiger charge is 2.33. The number of fused-ring (bicyclic) bond motifs is 1. The normalized spacial score (nSPS) is 19.9. The van der Waals surface area contributed by atoms with E-state index in [0.29, 0.717) is 29.6 Å². The molecule has 0 saturated heterocycles. The molecule has 122 valence electrons. The first kappa shape index (κ1) is 14.7. The lowest BCUT2D eigenvalue weighted by Crippen LogP contribution is -2.43. The lowest BCUT2D eigenvalue weighted by molar-refractivity contribution is 0.0909. The second-order valence-corrected chi connectivity index (χ2v) is 5.87. The fourth-order valence-corrected chi connectivity index (χ4v) is 3.03. The number of amides is 1. The van der Waals surface area contributed by atoms with Gasteiger partial charge in [0.25, 0.3) is 5.91 Å². The number of carbonyl (C=O) groups is 1. The Hall–Kier alpha value is -2.90. The molecule has 8 heteroatoms. The summed E-state index contributed by atoms with van der Waals surface area (Å²) in [5.41, 5.74) is 1.26. The summed E-state index contributed by atoms with van der Waals surface area (Å²) in [6.07, 6.45) is 2.88. The molecule has 2 aromatic heterocycles. The van der Waals surface area contributed by atoms with Crippen LogP contribution in [-0.4, -0.2) is 32.0 Å². The van der Waals surface area contributed by atoms with Crippen molar-refractivity contribution in [3.8, 4) is 0 Å². The highest BCUT2D eigenvalue weighted by Crippen LogP contribution is 2.38. The average Bonchev–Trinajstić information content (AvgIpc) is 2.99. The maximum atomic E-state index is 13.8. The van der Waals surface area contributed by atoms with Gasteiger partial charge in [0.1, 0.15) is 11.6 Å². The van der Waals surface area contributed by atoms with Crippen molar-refractivity contribution >= 4 is 11.6 Å². The van der Waals surface area contributed by atoms with Gasteiger partial charge in [0, 0.05) is 18.3 Å². The summed E-state index contributed by atoms with van der Waals surface area (Å²) in [6.45, 7) is 0. The van der Waals surface area contributed by atoms with Crippen molar-refractivity contribution in [1.82, 2.24) is 25.4 Å². The number of hydrogen-bond acceptors (Lipinski definition) is 4. The molecule has 0 bridgehead atoms. The van der Waals surface area contributed by atoms with Crippen LogP contribution in [0.4, 0.5) is 8.78 Å². The third kappa shape index (κ3) is 2.49. The molecule has 0 spiro atoms. The predicted molar refractivity (Wildman–Crippen MR) is 80.4 cm³/mol. The van der Waals surface area contributed by atoms with E-state index in [9.17, 15) is 13.6 Å². The van der Waals surface area contributed by atoms with E-state index in [0.717, 1.165) is 6.07 Å². The van der Waals surface area contributed by atoms with Crippen LogP contribution >= 0.6 is 0 Å². The molecular weight excluding hydrogens is 316 g/mol. The minimum absolute atomic E-state index is 0.0125. The van der Waals surface area contributed by atoms with Crippen molar-refractivity contribution in [2.24, 2.45) is 0 Å². The molecule has 6 nitrogen and oxygen atoms in total. The Morgan fingerprint density at radius 2 is 2.08 bits per heavy atom. The standard InChI is InChI=1S/C16H13F2N5O/c17-10-3-4-12(14(18)8-10)9-6-11(7-9)19-16(24)13-2-1-5-23-15(13)20-21-22-23/h1-5,8-9,11H,6-7H2,(H,19,24). The number of nitrogens with one attached hydrogen (secondary N) is 1. The maximum Gasteiger partial charge on any atom is 0.255 e. The van der Waals surface area contributed by atoms with Crippen LogP contribution in [0.15, 0.2) is 36.5 Å². The molecule has 0 radical (unpaired) electrons. The van der Waals surface area contributed by atoms with E-state index in [1.165, 1.54) is 16.6 Å². The molecule has 2 heterocycles. The summed E-state index contributed by atoms with van der Waals surface area (Å²) in [6, 6.07) is 6.90. The SMILES string of the molecule is O=C(NC1CC(c2ccc(F)cc2F)C1)c1cccn2nnnc12. The molecule has 1 aromatic carbocycles. The van der Waals surface area contributed by atoms with Gasteiger partial charge in [-0.15, -0.1) is 5.10 Å². The van der Waals surface area contributed by atoms with E-state index in [4.69, 9.17) is 0 Å². The molecule has 0 unspecified atom stereocenters. The second kappa shape index (κ2) is 5.63. The topological polar surface area (TPSA) is 72.2 Å².